The van der Waals surface area contributed by atoms with Crippen LogP contribution in [0.2, 0.25) is 0 Å². The average Bonchev–Trinajstić information content (AvgIpc) is 2.46. The molecule has 2 rings (SSSR count). The Balaban J connectivity index is 1.97. The average molecular weight is 296 g/mol. The van der Waals surface area contributed by atoms with Crippen LogP contribution in [-0.4, -0.2) is 36.0 Å². The number of esters is 1. The van der Waals surface area contributed by atoms with Gasteiger partial charge < -0.3 is 4.74 Å². The van der Waals surface area contributed by atoms with Crippen molar-refractivity contribution in [3.8, 4) is 0 Å². The highest BCUT2D eigenvalue weighted by Gasteiger charge is 2.25. The molecule has 0 spiro atoms. The highest BCUT2D eigenvalue weighted by molar-refractivity contribution is 5.72. The van der Waals surface area contributed by atoms with E-state index in [0.29, 0.717) is 38.0 Å². The van der Waals surface area contributed by atoms with Crippen LogP contribution in [0, 0.1) is 21.8 Å². The summed E-state index contributed by atoms with van der Waals surface area (Å²) >= 11 is 0. The first-order valence-electron chi connectivity index (χ1n) is 6.73. The molecule has 0 atom stereocenters. The van der Waals surface area contributed by atoms with Crippen LogP contribution in [0.5, 0.6) is 0 Å². The Morgan fingerprint density at radius 3 is 2.67 bits per heavy atom. The zero-order chi connectivity index (χ0) is 15.4. The molecule has 1 aliphatic heterocycles. The summed E-state index contributed by atoms with van der Waals surface area (Å²) in [5.41, 5.74) is 0.327. The lowest BCUT2D eigenvalue weighted by molar-refractivity contribution is -0.385. The number of hydrogen-bond donors (Lipinski definition) is 0. The highest BCUT2D eigenvalue weighted by atomic mass is 19.1. The van der Waals surface area contributed by atoms with E-state index in [9.17, 15) is 19.3 Å². The van der Waals surface area contributed by atoms with Crippen molar-refractivity contribution < 1.29 is 18.8 Å². The molecule has 1 saturated heterocycles. The summed E-state index contributed by atoms with van der Waals surface area (Å²) in [6.07, 6.45) is 1.37. The Morgan fingerprint density at radius 2 is 2.10 bits per heavy atom. The van der Waals surface area contributed by atoms with Crippen LogP contribution >= 0.6 is 0 Å². The van der Waals surface area contributed by atoms with Gasteiger partial charge in [0.15, 0.2) is 0 Å². The van der Waals surface area contributed by atoms with E-state index in [-0.39, 0.29) is 17.6 Å². The molecule has 6 nitrogen and oxygen atoms in total. The molecule has 0 radical (unpaired) electrons. The Hall–Kier alpha value is -2.02. The van der Waals surface area contributed by atoms with Crippen molar-refractivity contribution in [2.45, 2.75) is 19.4 Å². The van der Waals surface area contributed by atoms with Crippen LogP contribution < -0.4 is 0 Å². The van der Waals surface area contributed by atoms with E-state index >= 15 is 0 Å². The Bertz CT molecular complexity index is 542. The highest BCUT2D eigenvalue weighted by Crippen LogP contribution is 2.22. The molecule has 0 bridgehead atoms. The van der Waals surface area contributed by atoms with Crippen molar-refractivity contribution in [3.05, 3.63) is 39.7 Å². The third-order valence-electron chi connectivity index (χ3n) is 3.68. The molecule has 21 heavy (non-hydrogen) atoms. The minimum Gasteiger partial charge on any atom is -0.469 e. The number of hydrogen-bond acceptors (Lipinski definition) is 5. The summed E-state index contributed by atoms with van der Waals surface area (Å²) < 4.78 is 18.1. The molecule has 1 aliphatic rings. The Labute approximate surface area is 121 Å². The first kappa shape index (κ1) is 15.4. The molecule has 0 amide bonds. The zero-order valence-corrected chi connectivity index (χ0v) is 11.8. The molecular formula is C14H17FN2O4. The Morgan fingerprint density at radius 1 is 1.43 bits per heavy atom. The molecule has 0 aromatic heterocycles. The maximum Gasteiger partial charge on any atom is 0.308 e. The second kappa shape index (κ2) is 6.62. The van der Waals surface area contributed by atoms with Crippen LogP contribution in [0.15, 0.2) is 18.2 Å². The summed E-state index contributed by atoms with van der Waals surface area (Å²) in [4.78, 5) is 23.6. The molecule has 1 heterocycles. The predicted molar refractivity (Wildman–Crippen MR) is 73.1 cm³/mol. The lowest BCUT2D eigenvalue weighted by Gasteiger charge is -2.30. The number of benzene rings is 1. The van der Waals surface area contributed by atoms with Gasteiger partial charge in [-0.15, -0.1) is 0 Å². The lowest BCUT2D eigenvalue weighted by Crippen LogP contribution is -2.36. The molecule has 1 aromatic rings. The van der Waals surface area contributed by atoms with Gasteiger partial charge in [-0.25, -0.2) is 4.39 Å². The third-order valence-corrected chi connectivity index (χ3v) is 3.68. The largest absolute Gasteiger partial charge is 0.469 e. The number of carbonyl (C=O) groups excluding carboxylic acids is 1. The second-order valence-corrected chi connectivity index (χ2v) is 5.15. The molecule has 114 valence electrons. The molecule has 0 aliphatic carbocycles. The van der Waals surface area contributed by atoms with Gasteiger partial charge in [0.1, 0.15) is 5.82 Å². The fourth-order valence-corrected chi connectivity index (χ4v) is 2.58. The molecule has 0 saturated carbocycles. The molecule has 0 N–H and O–H groups in total. The van der Waals surface area contributed by atoms with E-state index < -0.39 is 10.7 Å². The maximum absolute atomic E-state index is 13.4. The molecule has 1 fully saturated rings. The van der Waals surface area contributed by atoms with Crippen LogP contribution in [0.1, 0.15) is 18.4 Å². The van der Waals surface area contributed by atoms with Crippen LogP contribution in [0.3, 0.4) is 0 Å². The van der Waals surface area contributed by atoms with Crippen molar-refractivity contribution >= 4 is 11.7 Å². The monoisotopic (exact) mass is 296 g/mol. The van der Waals surface area contributed by atoms with Gasteiger partial charge in [0, 0.05) is 12.6 Å². The summed E-state index contributed by atoms with van der Waals surface area (Å²) in [7, 11) is 1.38. The van der Waals surface area contributed by atoms with E-state index in [2.05, 4.69) is 4.90 Å². The summed E-state index contributed by atoms with van der Waals surface area (Å²) in [6, 6.07) is 3.60. The van der Waals surface area contributed by atoms with Crippen molar-refractivity contribution in [3.63, 3.8) is 0 Å². The van der Waals surface area contributed by atoms with Gasteiger partial charge in [0.25, 0.3) is 5.69 Å². The van der Waals surface area contributed by atoms with Gasteiger partial charge in [-0.3, -0.25) is 19.8 Å². The minimum atomic E-state index is -0.608. The van der Waals surface area contributed by atoms with Gasteiger partial charge in [-0.05, 0) is 37.6 Å². The number of methoxy groups -OCH3 is 1. The SMILES string of the molecule is COC(=O)C1CCN(Cc2cc(F)cc([N+](=O)[O-])c2)CC1. The number of nitrogens with zero attached hydrogens (tertiary/aromatic N) is 2. The van der Waals surface area contributed by atoms with Gasteiger partial charge >= 0.3 is 5.97 Å². The first-order chi connectivity index (χ1) is 9.99. The molecule has 0 unspecified atom stereocenters. The van der Waals surface area contributed by atoms with E-state index in [0.717, 1.165) is 6.07 Å². The fourth-order valence-electron chi connectivity index (χ4n) is 2.58. The lowest BCUT2D eigenvalue weighted by atomic mass is 9.96. The van der Waals surface area contributed by atoms with E-state index in [1.165, 1.54) is 19.2 Å². The first-order valence-corrected chi connectivity index (χ1v) is 6.73. The van der Waals surface area contributed by atoms with Gasteiger partial charge in [0.2, 0.25) is 0 Å². The van der Waals surface area contributed by atoms with Crippen molar-refractivity contribution in [2.24, 2.45) is 5.92 Å². The van der Waals surface area contributed by atoms with Gasteiger partial charge in [0.05, 0.1) is 24.0 Å². The predicted octanol–water partition coefficient (Wildman–Crippen LogP) is 2.12. The number of halogens is 1. The number of nitro benzene ring substituents is 1. The number of ether oxygens (including phenoxy) is 1. The van der Waals surface area contributed by atoms with Crippen molar-refractivity contribution in [1.82, 2.24) is 4.90 Å². The smallest absolute Gasteiger partial charge is 0.308 e. The molecular weight excluding hydrogens is 279 g/mol. The van der Waals surface area contributed by atoms with E-state index in [1.54, 1.807) is 0 Å². The van der Waals surface area contributed by atoms with E-state index in [4.69, 9.17) is 4.74 Å². The van der Waals surface area contributed by atoms with Crippen molar-refractivity contribution in [2.75, 3.05) is 20.2 Å². The topological polar surface area (TPSA) is 72.7 Å². The van der Waals surface area contributed by atoms with E-state index in [1.807, 2.05) is 0 Å². The zero-order valence-electron chi connectivity index (χ0n) is 11.8. The maximum atomic E-state index is 13.4. The summed E-state index contributed by atoms with van der Waals surface area (Å²) in [5.74, 6) is -0.896. The summed E-state index contributed by atoms with van der Waals surface area (Å²) in [5, 5.41) is 10.7. The number of carbonyl (C=O) groups is 1. The van der Waals surface area contributed by atoms with Crippen molar-refractivity contribution in [1.29, 1.82) is 0 Å². The van der Waals surface area contributed by atoms with Crippen LogP contribution in [0.4, 0.5) is 10.1 Å². The Kier molecular flexibility index (Phi) is 4.85. The normalized spacial score (nSPS) is 16.7. The standard InChI is InChI=1S/C14H17FN2O4/c1-21-14(18)11-2-4-16(5-3-11)9-10-6-12(15)8-13(7-10)17(19)20/h6-8,11H,2-5,9H2,1H3. The number of piperidine rings is 1. The summed E-state index contributed by atoms with van der Waals surface area (Å²) in [6.45, 7) is 1.81. The van der Waals surface area contributed by atoms with Gasteiger partial charge in [-0.1, -0.05) is 0 Å². The number of non-ortho nitro benzene ring substituents is 1. The number of likely N-dealkylation sites (tertiary alicyclic amines) is 1. The van der Waals surface area contributed by atoms with Crippen LogP contribution in [-0.2, 0) is 16.1 Å². The second-order valence-electron chi connectivity index (χ2n) is 5.15. The molecule has 7 heteroatoms. The van der Waals surface area contributed by atoms with Gasteiger partial charge in [-0.2, -0.15) is 0 Å². The molecule has 1 aromatic carbocycles. The fraction of sp³-hybridized carbons (Fsp3) is 0.500. The number of rotatable bonds is 4. The minimum absolute atomic E-state index is 0.0897. The quantitative estimate of drug-likeness (QED) is 0.483. The van der Waals surface area contributed by atoms with Crippen LogP contribution in [0.25, 0.3) is 0 Å². The number of nitro groups is 1. The third kappa shape index (κ3) is 3.98.